The normalized spacial score (nSPS) is 11.2. The van der Waals surface area contributed by atoms with Gasteiger partial charge in [-0.05, 0) is 17.9 Å². The van der Waals surface area contributed by atoms with E-state index >= 15 is 0 Å². The topological polar surface area (TPSA) is 59.4 Å². The van der Waals surface area contributed by atoms with E-state index in [0.717, 1.165) is 6.42 Å². The number of hydrogen-bond acceptors (Lipinski definition) is 3. The van der Waals surface area contributed by atoms with Crippen LogP contribution in [0.4, 0.5) is 0 Å². The summed E-state index contributed by atoms with van der Waals surface area (Å²) >= 11 is 0. The maximum absolute atomic E-state index is 10.9. The van der Waals surface area contributed by atoms with Gasteiger partial charge in [-0.15, -0.1) is 0 Å². The van der Waals surface area contributed by atoms with Crippen LogP contribution in [0, 0.1) is 5.41 Å². The van der Waals surface area contributed by atoms with E-state index in [1.807, 2.05) is 0 Å². The Hall–Kier alpha value is -1.58. The fraction of sp³-hybridized carbons (Fsp3) is 0.500. The summed E-state index contributed by atoms with van der Waals surface area (Å²) in [5, 5.41) is 8.90. The van der Waals surface area contributed by atoms with Crippen LogP contribution in [-0.4, -0.2) is 22.7 Å². The van der Waals surface area contributed by atoms with E-state index in [2.05, 4.69) is 25.8 Å². The second-order valence-electron chi connectivity index (χ2n) is 4.84. The average Bonchev–Trinajstić information content (AvgIpc) is 2.16. The summed E-state index contributed by atoms with van der Waals surface area (Å²) in [6, 6.07) is 1.58. The van der Waals surface area contributed by atoms with E-state index in [-0.39, 0.29) is 11.0 Å². The highest BCUT2D eigenvalue weighted by Gasteiger charge is 2.13. The highest BCUT2D eigenvalue weighted by molar-refractivity contribution is 5.90. The maximum atomic E-state index is 10.9. The second-order valence-corrected chi connectivity index (χ2v) is 4.84. The fourth-order valence-corrected chi connectivity index (χ4v) is 1.14. The summed E-state index contributed by atoms with van der Waals surface area (Å²) in [6.07, 6.45) is 3.70. The molecule has 1 aromatic rings. The van der Waals surface area contributed by atoms with E-state index in [1.54, 1.807) is 6.07 Å². The van der Waals surface area contributed by atoms with Crippen LogP contribution in [0.5, 0.6) is 5.75 Å². The van der Waals surface area contributed by atoms with Crippen molar-refractivity contribution in [2.45, 2.75) is 27.2 Å². The Morgan fingerprint density at radius 1 is 1.50 bits per heavy atom. The zero-order valence-electron chi connectivity index (χ0n) is 9.86. The minimum absolute atomic E-state index is 0.108. The first-order chi connectivity index (χ1) is 7.40. The Bertz CT molecular complexity index is 369. The van der Waals surface area contributed by atoms with Gasteiger partial charge in [0.05, 0.1) is 6.61 Å². The molecule has 0 aliphatic carbocycles. The molecule has 0 radical (unpaired) electrons. The largest absolute Gasteiger partial charge is 0.493 e. The van der Waals surface area contributed by atoms with Crippen molar-refractivity contribution in [3.8, 4) is 5.75 Å². The Morgan fingerprint density at radius 2 is 2.19 bits per heavy atom. The summed E-state index contributed by atoms with van der Waals surface area (Å²) < 4.78 is 5.45. The molecule has 1 heterocycles. The van der Waals surface area contributed by atoms with Gasteiger partial charge in [-0.3, -0.25) is 4.98 Å². The van der Waals surface area contributed by atoms with Crippen LogP contribution in [0.3, 0.4) is 0 Å². The number of nitrogens with zero attached hydrogens (tertiary/aromatic N) is 1. The molecule has 1 N–H and O–H groups in total. The number of carboxylic acids is 1. The number of carbonyl (C=O) groups is 1. The van der Waals surface area contributed by atoms with Crippen molar-refractivity contribution in [3.63, 3.8) is 0 Å². The summed E-state index contributed by atoms with van der Waals surface area (Å²) in [5.41, 5.74) is 0.285. The monoisotopic (exact) mass is 223 g/mol. The lowest BCUT2D eigenvalue weighted by Gasteiger charge is -2.18. The average molecular weight is 223 g/mol. The second kappa shape index (κ2) is 4.96. The predicted octanol–water partition coefficient (Wildman–Crippen LogP) is 2.59. The molecule has 0 atom stereocenters. The maximum Gasteiger partial charge on any atom is 0.341 e. The molecule has 4 nitrogen and oxygen atoms in total. The highest BCUT2D eigenvalue weighted by Crippen LogP contribution is 2.21. The Balaban J connectivity index is 2.64. The van der Waals surface area contributed by atoms with Gasteiger partial charge >= 0.3 is 5.97 Å². The van der Waals surface area contributed by atoms with Gasteiger partial charge in [-0.1, -0.05) is 20.8 Å². The highest BCUT2D eigenvalue weighted by atomic mass is 16.5. The minimum Gasteiger partial charge on any atom is -0.493 e. The molecule has 0 aliphatic rings. The first-order valence-electron chi connectivity index (χ1n) is 5.20. The minimum atomic E-state index is -1.01. The van der Waals surface area contributed by atoms with Crippen molar-refractivity contribution in [1.29, 1.82) is 0 Å². The Morgan fingerprint density at radius 3 is 2.75 bits per heavy atom. The zero-order valence-corrected chi connectivity index (χ0v) is 9.86. The van der Waals surface area contributed by atoms with Crippen molar-refractivity contribution in [3.05, 3.63) is 24.0 Å². The lowest BCUT2D eigenvalue weighted by atomic mass is 9.93. The molecule has 0 unspecified atom stereocenters. The molecule has 1 rings (SSSR count). The van der Waals surface area contributed by atoms with E-state index in [0.29, 0.717) is 12.4 Å². The number of carboxylic acid groups (broad SMARTS) is 1. The Kier molecular flexibility index (Phi) is 3.88. The van der Waals surface area contributed by atoms with Crippen LogP contribution in [0.15, 0.2) is 18.5 Å². The SMILES string of the molecule is CC(C)(C)CCOc1ccncc1C(=O)O. The van der Waals surface area contributed by atoms with Crippen LogP contribution in [0.25, 0.3) is 0 Å². The number of hydrogen-bond donors (Lipinski definition) is 1. The van der Waals surface area contributed by atoms with E-state index in [9.17, 15) is 4.79 Å². The molecule has 0 saturated heterocycles. The summed E-state index contributed by atoms with van der Waals surface area (Å²) in [5.74, 6) is -0.634. The van der Waals surface area contributed by atoms with Crippen molar-refractivity contribution < 1.29 is 14.6 Å². The van der Waals surface area contributed by atoms with E-state index in [1.165, 1.54) is 12.4 Å². The molecule has 0 amide bonds. The van der Waals surface area contributed by atoms with Crippen molar-refractivity contribution in [2.75, 3.05) is 6.61 Å². The van der Waals surface area contributed by atoms with Gasteiger partial charge in [0, 0.05) is 12.4 Å². The van der Waals surface area contributed by atoms with Crippen molar-refractivity contribution in [2.24, 2.45) is 5.41 Å². The molecular formula is C12H17NO3. The van der Waals surface area contributed by atoms with Gasteiger partial charge in [-0.25, -0.2) is 4.79 Å². The standard InChI is InChI=1S/C12H17NO3/c1-12(2,3)5-7-16-10-4-6-13-8-9(10)11(14)15/h4,6,8H,5,7H2,1-3H3,(H,14,15). The number of rotatable bonds is 4. The zero-order chi connectivity index (χ0) is 12.2. The summed E-state index contributed by atoms with van der Waals surface area (Å²) in [6.45, 7) is 6.84. The molecule has 1 aromatic heterocycles. The van der Waals surface area contributed by atoms with E-state index in [4.69, 9.17) is 9.84 Å². The third-order valence-corrected chi connectivity index (χ3v) is 2.12. The third-order valence-electron chi connectivity index (χ3n) is 2.12. The van der Waals surface area contributed by atoms with Gasteiger partial charge in [0.25, 0.3) is 0 Å². The van der Waals surface area contributed by atoms with Gasteiger partial charge in [-0.2, -0.15) is 0 Å². The van der Waals surface area contributed by atoms with Gasteiger partial charge in [0.2, 0.25) is 0 Å². The first kappa shape index (κ1) is 12.5. The molecular weight excluding hydrogens is 206 g/mol. The number of aromatic carboxylic acids is 1. The number of ether oxygens (including phenoxy) is 1. The Labute approximate surface area is 95.3 Å². The smallest absolute Gasteiger partial charge is 0.341 e. The molecule has 16 heavy (non-hydrogen) atoms. The molecule has 88 valence electrons. The number of aromatic nitrogens is 1. The fourth-order valence-electron chi connectivity index (χ4n) is 1.14. The van der Waals surface area contributed by atoms with Gasteiger partial charge in [0.1, 0.15) is 11.3 Å². The molecule has 0 fully saturated rings. The van der Waals surface area contributed by atoms with Crippen LogP contribution in [0.1, 0.15) is 37.6 Å². The lowest BCUT2D eigenvalue weighted by Crippen LogP contribution is -2.12. The summed E-state index contributed by atoms with van der Waals surface area (Å²) in [7, 11) is 0. The molecule has 4 heteroatoms. The van der Waals surface area contributed by atoms with Crippen molar-refractivity contribution >= 4 is 5.97 Å². The molecule has 0 spiro atoms. The molecule has 0 saturated carbocycles. The van der Waals surface area contributed by atoms with Gasteiger partial charge in [0.15, 0.2) is 0 Å². The van der Waals surface area contributed by atoms with Crippen LogP contribution < -0.4 is 4.74 Å². The molecule has 0 bridgehead atoms. The van der Waals surface area contributed by atoms with Crippen LogP contribution in [0.2, 0.25) is 0 Å². The number of pyridine rings is 1. The third kappa shape index (κ3) is 3.88. The van der Waals surface area contributed by atoms with Gasteiger partial charge < -0.3 is 9.84 Å². The molecule has 0 aliphatic heterocycles. The first-order valence-corrected chi connectivity index (χ1v) is 5.20. The summed E-state index contributed by atoms with van der Waals surface area (Å²) in [4.78, 5) is 14.6. The van der Waals surface area contributed by atoms with E-state index < -0.39 is 5.97 Å². The quantitative estimate of drug-likeness (QED) is 0.852. The predicted molar refractivity (Wildman–Crippen MR) is 60.8 cm³/mol. The van der Waals surface area contributed by atoms with Crippen LogP contribution in [-0.2, 0) is 0 Å². The van der Waals surface area contributed by atoms with Crippen LogP contribution >= 0.6 is 0 Å². The molecule has 0 aromatic carbocycles. The lowest BCUT2D eigenvalue weighted by molar-refractivity contribution is 0.0691. The van der Waals surface area contributed by atoms with Crippen molar-refractivity contribution in [1.82, 2.24) is 4.98 Å².